The first kappa shape index (κ1) is 22.5. The fourth-order valence-corrected chi connectivity index (χ4v) is 4.83. The minimum Gasteiger partial charge on any atom is -0.492 e. The number of hydrogen-bond acceptors (Lipinski definition) is 4. The first-order valence-electron chi connectivity index (χ1n) is 12.1. The molecule has 0 saturated heterocycles. The van der Waals surface area contributed by atoms with Crippen molar-refractivity contribution in [2.24, 2.45) is 0 Å². The smallest absolute Gasteiger partial charge is 0.129 e. The van der Waals surface area contributed by atoms with Crippen LogP contribution in [0.5, 0.6) is 11.5 Å². The lowest BCUT2D eigenvalue weighted by atomic mass is 10.0. The summed E-state index contributed by atoms with van der Waals surface area (Å²) in [6.07, 6.45) is 0. The van der Waals surface area contributed by atoms with Crippen molar-refractivity contribution in [1.82, 2.24) is 9.47 Å². The molecule has 0 bridgehead atoms. The van der Waals surface area contributed by atoms with Gasteiger partial charge in [-0.1, -0.05) is 44.2 Å². The Bertz CT molecular complexity index is 1270. The zero-order chi connectivity index (χ0) is 23.5. The van der Waals surface area contributed by atoms with Crippen LogP contribution in [-0.2, 0) is 19.8 Å². The third-order valence-electron chi connectivity index (χ3n) is 6.76. The number of hydrogen-bond donors (Lipinski definition) is 1. The monoisotopic (exact) mass is 456 g/mol. The second kappa shape index (κ2) is 9.92. The third kappa shape index (κ3) is 4.29. The third-order valence-corrected chi connectivity index (χ3v) is 6.76. The molecule has 176 valence electrons. The number of nitrogens with zero attached hydrogens (tertiary/aromatic N) is 2. The van der Waals surface area contributed by atoms with Gasteiger partial charge < -0.3 is 24.0 Å². The van der Waals surface area contributed by atoms with Gasteiger partial charge in [-0.05, 0) is 60.6 Å². The summed E-state index contributed by atoms with van der Waals surface area (Å²) in [4.78, 5) is 2.36. The minimum atomic E-state index is 0.0308. The molecule has 0 unspecified atom stereocenters. The highest BCUT2D eigenvalue weighted by Gasteiger charge is 2.25. The lowest BCUT2D eigenvalue weighted by Gasteiger charge is -2.21. The highest BCUT2D eigenvalue weighted by molar-refractivity contribution is 5.94. The van der Waals surface area contributed by atoms with E-state index < -0.39 is 0 Å². The van der Waals surface area contributed by atoms with Crippen molar-refractivity contribution < 1.29 is 14.6 Å². The van der Waals surface area contributed by atoms with E-state index in [4.69, 9.17) is 9.47 Å². The van der Waals surface area contributed by atoms with Crippen LogP contribution in [0.2, 0.25) is 0 Å². The molecule has 1 N–H and O–H groups in total. The highest BCUT2D eigenvalue weighted by Crippen LogP contribution is 2.43. The largest absolute Gasteiger partial charge is 0.492 e. The predicted molar refractivity (Wildman–Crippen MR) is 136 cm³/mol. The lowest BCUT2D eigenvalue weighted by molar-refractivity contribution is 0.223. The summed E-state index contributed by atoms with van der Waals surface area (Å²) < 4.78 is 14.4. The molecule has 3 aromatic carbocycles. The summed E-state index contributed by atoms with van der Waals surface area (Å²) in [6, 6.07) is 22.9. The van der Waals surface area contributed by atoms with E-state index in [-0.39, 0.29) is 6.61 Å². The zero-order valence-electron chi connectivity index (χ0n) is 20.0. The second-order valence-corrected chi connectivity index (χ2v) is 8.73. The van der Waals surface area contributed by atoms with Crippen LogP contribution in [0.1, 0.15) is 30.5 Å². The number of rotatable bonds is 9. The molecule has 1 aliphatic heterocycles. The molecule has 1 aromatic heterocycles. The van der Waals surface area contributed by atoms with Gasteiger partial charge in [0, 0.05) is 35.1 Å². The molecule has 0 atom stereocenters. The first-order valence-corrected chi connectivity index (χ1v) is 12.1. The number of aliphatic hydroxyl groups excluding tert-OH is 1. The summed E-state index contributed by atoms with van der Waals surface area (Å²) in [5.74, 6) is 1.82. The Morgan fingerprint density at radius 2 is 1.74 bits per heavy atom. The van der Waals surface area contributed by atoms with Crippen LogP contribution in [-0.4, -0.2) is 40.8 Å². The van der Waals surface area contributed by atoms with Gasteiger partial charge in [-0.2, -0.15) is 0 Å². The molecular weight excluding hydrogens is 424 g/mol. The van der Waals surface area contributed by atoms with Gasteiger partial charge in [-0.15, -0.1) is 0 Å². The van der Waals surface area contributed by atoms with Crippen LogP contribution in [0.3, 0.4) is 0 Å². The van der Waals surface area contributed by atoms with E-state index in [1.54, 1.807) is 0 Å². The lowest BCUT2D eigenvalue weighted by Crippen LogP contribution is -2.27. The van der Waals surface area contributed by atoms with Crippen LogP contribution >= 0.6 is 0 Å². The van der Waals surface area contributed by atoms with Crippen molar-refractivity contribution >= 4 is 10.9 Å². The predicted octanol–water partition coefficient (Wildman–Crippen LogP) is 5.46. The Balaban J connectivity index is 1.45. The summed E-state index contributed by atoms with van der Waals surface area (Å²) >= 11 is 0. The van der Waals surface area contributed by atoms with Crippen molar-refractivity contribution in [3.63, 3.8) is 0 Å². The van der Waals surface area contributed by atoms with Gasteiger partial charge in [-0.3, -0.25) is 0 Å². The van der Waals surface area contributed by atoms with Gasteiger partial charge in [0.2, 0.25) is 0 Å². The van der Waals surface area contributed by atoms with Gasteiger partial charge in [0.25, 0.3) is 0 Å². The topological polar surface area (TPSA) is 46.9 Å². The molecule has 5 nitrogen and oxygen atoms in total. The Labute approximate surface area is 201 Å². The second-order valence-electron chi connectivity index (χ2n) is 8.73. The van der Waals surface area contributed by atoms with E-state index >= 15 is 0 Å². The van der Waals surface area contributed by atoms with E-state index in [9.17, 15) is 5.11 Å². The SMILES string of the molecule is CCN(CC)CCOc1ccc(Cn2c3c(c4cc(CO)ccc42)COc2ccccc2-3)cc1. The molecule has 0 fully saturated rings. The molecule has 4 aromatic rings. The average Bonchev–Trinajstić information content (AvgIpc) is 3.20. The van der Waals surface area contributed by atoms with Crippen molar-refractivity contribution in [1.29, 1.82) is 0 Å². The Morgan fingerprint density at radius 1 is 0.971 bits per heavy atom. The Hall–Kier alpha value is -3.28. The molecule has 2 heterocycles. The van der Waals surface area contributed by atoms with Crippen LogP contribution in [0, 0.1) is 0 Å². The number of aliphatic hydroxyl groups is 1. The number of para-hydroxylation sites is 1. The van der Waals surface area contributed by atoms with E-state index in [0.29, 0.717) is 13.2 Å². The first-order chi connectivity index (χ1) is 16.7. The molecule has 0 aliphatic carbocycles. The van der Waals surface area contributed by atoms with Crippen LogP contribution in [0.25, 0.3) is 22.2 Å². The van der Waals surface area contributed by atoms with E-state index in [0.717, 1.165) is 59.7 Å². The number of ether oxygens (including phenoxy) is 2. The minimum absolute atomic E-state index is 0.0308. The molecule has 0 amide bonds. The van der Waals surface area contributed by atoms with Crippen LogP contribution in [0.15, 0.2) is 66.7 Å². The van der Waals surface area contributed by atoms with Crippen molar-refractivity contribution in [3.05, 3.63) is 83.4 Å². The molecule has 34 heavy (non-hydrogen) atoms. The maximum absolute atomic E-state index is 9.69. The molecule has 5 rings (SSSR count). The fourth-order valence-electron chi connectivity index (χ4n) is 4.83. The van der Waals surface area contributed by atoms with Crippen LogP contribution in [0.4, 0.5) is 0 Å². The standard InChI is InChI=1S/C29H32N2O3/c1-3-30(4-2)15-16-33-23-12-9-21(10-13-23)18-31-27-14-11-22(19-32)17-25(27)26-20-34-28-8-6-5-7-24(28)29(26)31/h5-14,17,32H,3-4,15-16,18-20H2,1-2H3. The Kier molecular flexibility index (Phi) is 6.57. The number of fused-ring (bicyclic) bond motifs is 5. The van der Waals surface area contributed by atoms with Gasteiger partial charge in [0.1, 0.15) is 24.7 Å². The maximum atomic E-state index is 9.69. The summed E-state index contributed by atoms with van der Waals surface area (Å²) in [6.45, 7) is 9.39. The molecule has 0 saturated carbocycles. The number of likely N-dealkylation sites (N-methyl/N-ethyl adjacent to an activating group) is 1. The maximum Gasteiger partial charge on any atom is 0.129 e. The van der Waals surface area contributed by atoms with Gasteiger partial charge in [0.15, 0.2) is 0 Å². The zero-order valence-corrected chi connectivity index (χ0v) is 20.0. The van der Waals surface area contributed by atoms with Gasteiger partial charge in [-0.25, -0.2) is 0 Å². The highest BCUT2D eigenvalue weighted by atomic mass is 16.5. The van der Waals surface area contributed by atoms with Gasteiger partial charge in [0.05, 0.1) is 12.3 Å². The van der Waals surface area contributed by atoms with Crippen molar-refractivity contribution in [3.8, 4) is 22.8 Å². The molecule has 0 radical (unpaired) electrons. The number of benzene rings is 3. The van der Waals surface area contributed by atoms with Crippen molar-refractivity contribution in [2.45, 2.75) is 33.6 Å². The molecule has 5 heteroatoms. The number of aromatic nitrogens is 1. The molecular formula is C29H32N2O3. The fraction of sp³-hybridized carbons (Fsp3) is 0.310. The average molecular weight is 457 g/mol. The van der Waals surface area contributed by atoms with Crippen LogP contribution < -0.4 is 9.47 Å². The van der Waals surface area contributed by atoms with Crippen molar-refractivity contribution in [2.75, 3.05) is 26.2 Å². The normalized spacial score (nSPS) is 12.5. The summed E-state index contributed by atoms with van der Waals surface area (Å²) in [5.41, 5.74) is 6.78. The molecule has 0 spiro atoms. The quantitative estimate of drug-likeness (QED) is 0.363. The summed E-state index contributed by atoms with van der Waals surface area (Å²) in [7, 11) is 0. The molecule has 1 aliphatic rings. The Morgan fingerprint density at radius 3 is 2.50 bits per heavy atom. The van der Waals surface area contributed by atoms with Gasteiger partial charge >= 0.3 is 0 Å². The summed E-state index contributed by atoms with van der Waals surface area (Å²) in [5, 5.41) is 10.8. The van der Waals surface area contributed by atoms with E-state index in [1.165, 1.54) is 16.8 Å². The van der Waals surface area contributed by atoms with E-state index in [2.05, 4.69) is 71.8 Å². The van der Waals surface area contributed by atoms with E-state index in [1.807, 2.05) is 18.2 Å².